The summed E-state index contributed by atoms with van der Waals surface area (Å²) in [6, 6.07) is 9.54. The van der Waals surface area contributed by atoms with Crippen molar-refractivity contribution in [1.82, 2.24) is 15.0 Å². The fourth-order valence-corrected chi connectivity index (χ4v) is 5.62. The monoisotopic (exact) mass is 475 g/mol. The molecule has 5 heterocycles. The van der Waals surface area contributed by atoms with Crippen LogP contribution in [0.4, 0.5) is 16.6 Å². The number of nitrogen functional groups attached to an aromatic ring is 2. The Balaban J connectivity index is 1.55. The van der Waals surface area contributed by atoms with E-state index in [2.05, 4.69) is 26.3 Å². The summed E-state index contributed by atoms with van der Waals surface area (Å²) in [6.07, 6.45) is 1.68. The molecular weight excluding hydrogens is 462 g/mol. The maximum Gasteiger partial charge on any atom is 0.269 e. The minimum Gasteiger partial charge on any atom is -0.397 e. The lowest BCUT2D eigenvalue weighted by molar-refractivity contribution is 0.103. The van der Waals surface area contributed by atoms with Crippen molar-refractivity contribution in [2.75, 3.05) is 16.8 Å². The summed E-state index contributed by atoms with van der Waals surface area (Å²) >= 11 is 3.91. The van der Waals surface area contributed by atoms with Crippen LogP contribution in [0, 0.1) is 11.3 Å². The van der Waals surface area contributed by atoms with Crippen LogP contribution in [0.1, 0.15) is 15.2 Å². The first-order chi connectivity index (χ1) is 15.6. The van der Waals surface area contributed by atoms with Crippen molar-refractivity contribution in [3.8, 4) is 28.6 Å². The summed E-state index contributed by atoms with van der Waals surface area (Å²) in [5, 5.41) is 19.1. The van der Waals surface area contributed by atoms with Gasteiger partial charge in [0.15, 0.2) is 5.13 Å². The number of carbonyl (C=O) groups excluding carboxylic acids is 1. The number of carbonyl (C=O) groups is 1. The molecule has 0 spiro atoms. The molecule has 5 aromatic rings. The molecule has 1 amide bonds. The van der Waals surface area contributed by atoms with Crippen LogP contribution in [0.3, 0.4) is 0 Å². The van der Waals surface area contributed by atoms with Crippen LogP contribution in [0.2, 0.25) is 0 Å². The van der Waals surface area contributed by atoms with Crippen molar-refractivity contribution in [2.24, 2.45) is 0 Å². The van der Waals surface area contributed by atoms with Crippen molar-refractivity contribution in [3.63, 3.8) is 0 Å². The van der Waals surface area contributed by atoms with E-state index in [-0.39, 0.29) is 21.9 Å². The van der Waals surface area contributed by atoms with Gasteiger partial charge in [0.25, 0.3) is 5.91 Å². The number of rotatable bonds is 4. The third kappa shape index (κ3) is 3.36. The number of nitrogens with one attached hydrogen (secondary N) is 1. The van der Waals surface area contributed by atoms with E-state index >= 15 is 0 Å². The standard InChI is InChI=1S/C21H13N7OS3/c22-7-11-14(10-4-6-30-8-10)15-16(23)17(32-20(15)27-18(11)24)19(29)28-21-26-13(9-31-21)12-3-1-2-5-25-12/h1-6,8-9H,23H2,(H2,24,27)(H,26,28,29). The van der Waals surface area contributed by atoms with Crippen LogP contribution in [-0.4, -0.2) is 20.9 Å². The zero-order valence-corrected chi connectivity index (χ0v) is 18.6. The predicted octanol–water partition coefficient (Wildman–Crippen LogP) is 4.83. The van der Waals surface area contributed by atoms with E-state index in [4.69, 9.17) is 11.5 Å². The number of fused-ring (bicyclic) bond motifs is 1. The molecule has 0 aliphatic carbocycles. The Bertz CT molecular complexity index is 1500. The van der Waals surface area contributed by atoms with Gasteiger partial charge < -0.3 is 11.5 Å². The van der Waals surface area contributed by atoms with E-state index in [0.717, 1.165) is 22.6 Å². The third-order valence-corrected chi connectivity index (χ3v) is 7.22. The molecule has 5 rings (SSSR count). The molecule has 0 aromatic carbocycles. The van der Waals surface area contributed by atoms with E-state index in [0.29, 0.717) is 26.6 Å². The molecule has 11 heteroatoms. The van der Waals surface area contributed by atoms with Crippen LogP contribution in [0.25, 0.3) is 32.7 Å². The van der Waals surface area contributed by atoms with E-state index in [9.17, 15) is 10.1 Å². The summed E-state index contributed by atoms with van der Waals surface area (Å²) in [5.41, 5.74) is 15.7. The highest BCUT2D eigenvalue weighted by atomic mass is 32.1. The number of nitriles is 1. The number of aromatic nitrogens is 3. The molecule has 156 valence electrons. The lowest BCUT2D eigenvalue weighted by Gasteiger charge is -2.07. The second-order valence-corrected chi connectivity index (χ2v) is 9.24. The molecule has 0 bridgehead atoms. The van der Waals surface area contributed by atoms with Crippen LogP contribution < -0.4 is 16.8 Å². The van der Waals surface area contributed by atoms with Gasteiger partial charge in [-0.3, -0.25) is 15.1 Å². The minimum absolute atomic E-state index is 0.106. The fraction of sp³-hybridized carbons (Fsp3) is 0. The zero-order chi connectivity index (χ0) is 22.2. The summed E-state index contributed by atoms with van der Waals surface area (Å²) < 4.78 is 0. The van der Waals surface area contributed by atoms with Gasteiger partial charge in [0.05, 0.1) is 11.4 Å². The second-order valence-electron chi connectivity index (χ2n) is 6.60. The predicted molar refractivity (Wildman–Crippen MR) is 130 cm³/mol. The normalized spacial score (nSPS) is 10.8. The maximum atomic E-state index is 13.0. The average molecular weight is 476 g/mol. The smallest absolute Gasteiger partial charge is 0.269 e. The second kappa shape index (κ2) is 8.01. The molecular formula is C21H13N7OS3. The number of amides is 1. The van der Waals surface area contributed by atoms with Gasteiger partial charge in [-0.1, -0.05) is 6.07 Å². The number of hydrogen-bond donors (Lipinski definition) is 3. The number of thiophene rings is 2. The number of hydrogen-bond acceptors (Lipinski definition) is 10. The minimum atomic E-state index is -0.402. The zero-order valence-electron chi connectivity index (χ0n) is 16.2. The van der Waals surface area contributed by atoms with Crippen LogP contribution >= 0.6 is 34.0 Å². The first kappa shape index (κ1) is 20.1. The molecule has 5 N–H and O–H groups in total. The lowest BCUT2D eigenvalue weighted by atomic mass is 9.99. The van der Waals surface area contributed by atoms with Crippen molar-refractivity contribution >= 4 is 66.8 Å². The van der Waals surface area contributed by atoms with Gasteiger partial charge in [0, 0.05) is 22.5 Å². The Morgan fingerprint density at radius 2 is 2.00 bits per heavy atom. The summed E-state index contributed by atoms with van der Waals surface area (Å²) in [7, 11) is 0. The van der Waals surface area contributed by atoms with Gasteiger partial charge >= 0.3 is 0 Å². The number of pyridine rings is 2. The molecule has 0 saturated carbocycles. The molecule has 0 aliphatic rings. The SMILES string of the molecule is N#Cc1c(N)nc2sc(C(=O)Nc3nc(-c4ccccn4)cs3)c(N)c2c1-c1ccsc1. The Morgan fingerprint density at radius 1 is 1.12 bits per heavy atom. The molecule has 8 nitrogen and oxygen atoms in total. The van der Waals surface area contributed by atoms with Gasteiger partial charge in [0.2, 0.25) is 0 Å². The highest BCUT2D eigenvalue weighted by Crippen LogP contribution is 2.43. The van der Waals surface area contributed by atoms with Crippen molar-refractivity contribution in [2.45, 2.75) is 0 Å². The molecule has 0 saturated heterocycles. The Hall–Kier alpha value is -3.85. The van der Waals surface area contributed by atoms with Crippen LogP contribution in [0.15, 0.2) is 46.6 Å². The fourth-order valence-electron chi connectivity index (χ4n) is 3.26. The van der Waals surface area contributed by atoms with Crippen molar-refractivity contribution in [3.05, 3.63) is 57.0 Å². The van der Waals surface area contributed by atoms with E-state index < -0.39 is 5.91 Å². The van der Waals surface area contributed by atoms with Gasteiger partial charge in [-0.2, -0.15) is 16.6 Å². The molecule has 0 fully saturated rings. The third-order valence-electron chi connectivity index (χ3n) is 4.68. The van der Waals surface area contributed by atoms with Gasteiger partial charge in [-0.05, 0) is 34.5 Å². The Labute approximate surface area is 193 Å². The maximum absolute atomic E-state index is 13.0. The lowest BCUT2D eigenvalue weighted by Crippen LogP contribution is -2.11. The van der Waals surface area contributed by atoms with E-state index in [1.165, 1.54) is 22.7 Å². The number of nitrogens with two attached hydrogens (primary N) is 2. The molecule has 32 heavy (non-hydrogen) atoms. The van der Waals surface area contributed by atoms with Gasteiger partial charge in [-0.15, -0.1) is 22.7 Å². The van der Waals surface area contributed by atoms with Crippen molar-refractivity contribution in [1.29, 1.82) is 5.26 Å². The van der Waals surface area contributed by atoms with Crippen LogP contribution in [-0.2, 0) is 0 Å². The molecule has 0 aliphatic heterocycles. The quantitative estimate of drug-likeness (QED) is 0.337. The number of nitrogens with zero attached hydrogens (tertiary/aromatic N) is 4. The topological polar surface area (TPSA) is 144 Å². The first-order valence-corrected chi connectivity index (χ1v) is 11.8. The average Bonchev–Trinajstić information content (AvgIpc) is 3.54. The number of thiazole rings is 1. The highest BCUT2D eigenvalue weighted by molar-refractivity contribution is 7.21. The first-order valence-electron chi connectivity index (χ1n) is 9.19. The largest absolute Gasteiger partial charge is 0.397 e. The van der Waals surface area contributed by atoms with Gasteiger partial charge in [0.1, 0.15) is 32.9 Å². The Morgan fingerprint density at radius 3 is 2.72 bits per heavy atom. The molecule has 0 radical (unpaired) electrons. The van der Waals surface area contributed by atoms with E-state index in [1.807, 2.05) is 40.4 Å². The molecule has 0 unspecified atom stereocenters. The Kier molecular flexibility index (Phi) is 5.02. The van der Waals surface area contributed by atoms with Crippen molar-refractivity contribution < 1.29 is 4.79 Å². The molecule has 5 aromatic heterocycles. The summed E-state index contributed by atoms with van der Waals surface area (Å²) in [5.74, 6) is -0.296. The summed E-state index contributed by atoms with van der Waals surface area (Å²) in [4.78, 5) is 26.9. The van der Waals surface area contributed by atoms with Crippen LogP contribution in [0.5, 0.6) is 0 Å². The molecule has 0 atom stereocenters. The highest BCUT2D eigenvalue weighted by Gasteiger charge is 2.25. The van der Waals surface area contributed by atoms with E-state index in [1.54, 1.807) is 6.20 Å². The van der Waals surface area contributed by atoms with Gasteiger partial charge in [-0.25, -0.2) is 9.97 Å². The number of anilines is 3. The summed E-state index contributed by atoms with van der Waals surface area (Å²) in [6.45, 7) is 0.